The number of aromatic nitrogens is 4. The summed E-state index contributed by atoms with van der Waals surface area (Å²) in [5.41, 5.74) is 0.304. The number of amides is 1. The zero-order valence-corrected chi connectivity index (χ0v) is 15.0. The van der Waals surface area contributed by atoms with Crippen LogP contribution in [0, 0.1) is 5.82 Å². The maximum Gasteiger partial charge on any atom is 0.278 e. The van der Waals surface area contributed by atoms with E-state index >= 15 is 0 Å². The summed E-state index contributed by atoms with van der Waals surface area (Å²) in [5.74, 6) is -0.398. The van der Waals surface area contributed by atoms with E-state index in [1.54, 1.807) is 12.1 Å². The van der Waals surface area contributed by atoms with E-state index in [4.69, 9.17) is 4.52 Å². The Morgan fingerprint density at radius 2 is 2.07 bits per heavy atom. The van der Waals surface area contributed by atoms with Gasteiger partial charge in [-0.2, -0.15) is 10.1 Å². The molecule has 0 unspecified atom stereocenters. The number of nitrogens with zero attached hydrogens (tertiary/aromatic N) is 4. The summed E-state index contributed by atoms with van der Waals surface area (Å²) in [6.45, 7) is -0.186. The monoisotopic (exact) mass is 383 g/mol. The lowest BCUT2D eigenvalue weighted by Gasteiger charge is -2.12. The molecule has 28 heavy (non-hydrogen) atoms. The van der Waals surface area contributed by atoms with Gasteiger partial charge in [-0.3, -0.25) is 9.59 Å². The normalized spacial score (nSPS) is 14.3. The second kappa shape index (κ2) is 7.71. The molecule has 8 nitrogen and oxygen atoms in total. The van der Waals surface area contributed by atoms with Crippen molar-refractivity contribution in [1.29, 1.82) is 0 Å². The molecule has 0 aliphatic heterocycles. The summed E-state index contributed by atoms with van der Waals surface area (Å²) >= 11 is 0. The number of benzene rings is 1. The first kappa shape index (κ1) is 18.0. The topological polar surface area (TPSA) is 103 Å². The minimum absolute atomic E-state index is 0.0733. The number of nitrogens with one attached hydrogen (secondary N) is 1. The van der Waals surface area contributed by atoms with Crippen LogP contribution in [0.25, 0.3) is 23.0 Å². The van der Waals surface area contributed by atoms with Gasteiger partial charge >= 0.3 is 0 Å². The highest BCUT2D eigenvalue weighted by Gasteiger charge is 2.18. The summed E-state index contributed by atoms with van der Waals surface area (Å²) in [6, 6.07) is 8.70. The molecule has 1 aromatic carbocycles. The van der Waals surface area contributed by atoms with Crippen LogP contribution in [0.2, 0.25) is 0 Å². The molecule has 1 aliphatic rings. The van der Waals surface area contributed by atoms with Gasteiger partial charge in [0.05, 0.1) is 0 Å². The first-order chi connectivity index (χ1) is 13.6. The molecular weight excluding hydrogens is 365 g/mol. The van der Waals surface area contributed by atoms with E-state index in [-0.39, 0.29) is 35.9 Å². The van der Waals surface area contributed by atoms with Crippen molar-refractivity contribution in [2.24, 2.45) is 0 Å². The van der Waals surface area contributed by atoms with E-state index in [1.807, 2.05) is 0 Å². The van der Waals surface area contributed by atoms with Crippen LogP contribution in [0.5, 0.6) is 0 Å². The molecule has 1 saturated carbocycles. The molecular formula is C19H18FN5O3. The molecule has 0 radical (unpaired) electrons. The summed E-state index contributed by atoms with van der Waals surface area (Å²) < 4.78 is 19.6. The Hall–Kier alpha value is -3.36. The Kier molecular flexibility index (Phi) is 4.96. The molecule has 9 heteroatoms. The number of carbonyl (C=O) groups excluding carboxylic acids is 1. The molecule has 1 fully saturated rings. The van der Waals surface area contributed by atoms with Crippen LogP contribution in [-0.2, 0) is 11.3 Å². The number of hydrogen-bond acceptors (Lipinski definition) is 6. The highest BCUT2D eigenvalue weighted by Crippen LogP contribution is 2.21. The van der Waals surface area contributed by atoms with Crippen molar-refractivity contribution < 1.29 is 13.7 Å². The van der Waals surface area contributed by atoms with Crippen LogP contribution in [0.15, 0.2) is 45.7 Å². The molecule has 1 aliphatic carbocycles. The molecule has 0 bridgehead atoms. The quantitative estimate of drug-likeness (QED) is 0.724. The zero-order chi connectivity index (χ0) is 19.5. The maximum absolute atomic E-state index is 13.4. The summed E-state index contributed by atoms with van der Waals surface area (Å²) in [6.07, 6.45) is 4.12. The largest absolute Gasteiger partial charge is 0.352 e. The van der Waals surface area contributed by atoms with Crippen LogP contribution >= 0.6 is 0 Å². The minimum Gasteiger partial charge on any atom is -0.352 e. The molecule has 0 saturated heterocycles. The van der Waals surface area contributed by atoms with Gasteiger partial charge in [-0.25, -0.2) is 9.07 Å². The Balaban J connectivity index is 1.53. The second-order valence-electron chi connectivity index (χ2n) is 6.70. The van der Waals surface area contributed by atoms with Gasteiger partial charge < -0.3 is 9.84 Å². The fourth-order valence-electron chi connectivity index (χ4n) is 3.23. The van der Waals surface area contributed by atoms with Crippen molar-refractivity contribution in [3.05, 3.63) is 52.6 Å². The molecule has 144 valence electrons. The Morgan fingerprint density at radius 1 is 1.25 bits per heavy atom. The average Bonchev–Trinajstić information content (AvgIpc) is 3.35. The lowest BCUT2D eigenvalue weighted by atomic mass is 10.2. The Bertz CT molecular complexity index is 1060. The van der Waals surface area contributed by atoms with Gasteiger partial charge in [0.15, 0.2) is 0 Å². The number of carbonyl (C=O) groups is 1. The van der Waals surface area contributed by atoms with Gasteiger partial charge in [0.2, 0.25) is 11.7 Å². The Labute approximate surface area is 159 Å². The molecule has 2 heterocycles. The van der Waals surface area contributed by atoms with Gasteiger partial charge in [0, 0.05) is 17.7 Å². The highest BCUT2D eigenvalue weighted by atomic mass is 19.1. The van der Waals surface area contributed by atoms with Crippen molar-refractivity contribution in [1.82, 2.24) is 25.2 Å². The molecule has 1 N–H and O–H groups in total. The lowest BCUT2D eigenvalue weighted by Crippen LogP contribution is -2.38. The first-order valence-corrected chi connectivity index (χ1v) is 9.06. The van der Waals surface area contributed by atoms with E-state index in [1.165, 1.54) is 24.3 Å². The SMILES string of the molecule is O=C(Cn1nc(-c2nc(-c3cccc(F)c3)no2)ccc1=O)NC1CCCC1. The maximum atomic E-state index is 13.4. The highest BCUT2D eigenvalue weighted by molar-refractivity contribution is 5.76. The third-order valence-electron chi connectivity index (χ3n) is 4.61. The van der Waals surface area contributed by atoms with Crippen LogP contribution in [0.4, 0.5) is 4.39 Å². The van der Waals surface area contributed by atoms with Crippen LogP contribution < -0.4 is 10.9 Å². The predicted octanol–water partition coefficient (Wildman–Crippen LogP) is 2.16. The van der Waals surface area contributed by atoms with Crippen molar-refractivity contribution >= 4 is 5.91 Å². The van der Waals surface area contributed by atoms with Crippen molar-refractivity contribution in [3.8, 4) is 23.0 Å². The van der Waals surface area contributed by atoms with E-state index < -0.39 is 11.4 Å². The van der Waals surface area contributed by atoms with Gasteiger partial charge in [-0.05, 0) is 31.0 Å². The average molecular weight is 383 g/mol. The third-order valence-corrected chi connectivity index (χ3v) is 4.61. The molecule has 0 spiro atoms. The van der Waals surface area contributed by atoms with Gasteiger partial charge in [-0.15, -0.1) is 0 Å². The summed E-state index contributed by atoms with van der Waals surface area (Å²) in [4.78, 5) is 28.4. The second-order valence-corrected chi connectivity index (χ2v) is 6.70. The van der Waals surface area contributed by atoms with Crippen molar-refractivity contribution in [3.63, 3.8) is 0 Å². The van der Waals surface area contributed by atoms with E-state index in [0.29, 0.717) is 5.56 Å². The predicted molar refractivity (Wildman–Crippen MR) is 97.6 cm³/mol. The zero-order valence-electron chi connectivity index (χ0n) is 15.0. The number of rotatable bonds is 5. The minimum atomic E-state index is -0.413. The molecule has 1 amide bonds. The van der Waals surface area contributed by atoms with Gasteiger partial charge in [0.1, 0.15) is 18.1 Å². The van der Waals surface area contributed by atoms with Crippen molar-refractivity contribution in [2.45, 2.75) is 38.3 Å². The third kappa shape index (κ3) is 3.98. The van der Waals surface area contributed by atoms with Crippen LogP contribution in [0.3, 0.4) is 0 Å². The lowest BCUT2D eigenvalue weighted by molar-refractivity contribution is -0.122. The first-order valence-electron chi connectivity index (χ1n) is 9.06. The standard InChI is InChI=1S/C19H18FN5O3/c20-13-5-3-4-12(10-13)18-22-19(28-24-18)15-8-9-17(27)25(23-15)11-16(26)21-14-6-1-2-7-14/h3-5,8-10,14H,1-2,6-7,11H2,(H,21,26). The smallest absolute Gasteiger partial charge is 0.278 e. The Morgan fingerprint density at radius 3 is 2.86 bits per heavy atom. The van der Waals surface area contributed by atoms with Gasteiger partial charge in [-0.1, -0.05) is 30.1 Å². The van der Waals surface area contributed by atoms with Gasteiger partial charge in [0.25, 0.3) is 11.4 Å². The molecule has 2 aromatic heterocycles. The molecule has 3 aromatic rings. The summed E-state index contributed by atoms with van der Waals surface area (Å²) in [5, 5.41) is 10.9. The van der Waals surface area contributed by atoms with E-state index in [0.717, 1.165) is 30.4 Å². The summed E-state index contributed by atoms with van der Waals surface area (Å²) in [7, 11) is 0. The van der Waals surface area contributed by atoms with E-state index in [2.05, 4.69) is 20.6 Å². The van der Waals surface area contributed by atoms with E-state index in [9.17, 15) is 14.0 Å². The van der Waals surface area contributed by atoms with Crippen molar-refractivity contribution in [2.75, 3.05) is 0 Å². The fourth-order valence-corrected chi connectivity index (χ4v) is 3.23. The van der Waals surface area contributed by atoms with Crippen LogP contribution in [-0.4, -0.2) is 31.9 Å². The molecule has 4 rings (SSSR count). The van der Waals surface area contributed by atoms with Crippen LogP contribution in [0.1, 0.15) is 25.7 Å². The fraction of sp³-hybridized carbons (Fsp3) is 0.316. The number of halogens is 1. The molecule has 0 atom stereocenters. The number of hydrogen-bond donors (Lipinski definition) is 1.